The second-order valence-electron chi connectivity index (χ2n) is 2.44. The summed E-state index contributed by atoms with van der Waals surface area (Å²) in [6.07, 6.45) is 1.65. The van der Waals surface area contributed by atoms with Crippen LogP contribution in [-0.2, 0) is 0 Å². The Kier molecular flexibility index (Phi) is 3.22. The maximum absolute atomic E-state index is 13.0. The molecule has 4 heteroatoms. The summed E-state index contributed by atoms with van der Waals surface area (Å²) in [5, 5.41) is 0.936. The molecule has 13 heavy (non-hydrogen) atoms. The van der Waals surface area contributed by atoms with Gasteiger partial charge in [0.25, 0.3) is 0 Å². The summed E-state index contributed by atoms with van der Waals surface area (Å²) in [4.78, 5) is 4.05. The Morgan fingerprint density at radius 3 is 2.77 bits per heavy atom. The van der Waals surface area contributed by atoms with Crippen molar-refractivity contribution < 1.29 is 4.39 Å². The van der Waals surface area contributed by atoms with Crippen LogP contribution in [0.4, 0.5) is 4.39 Å². The lowest BCUT2D eigenvalue weighted by Crippen LogP contribution is -1.82. The van der Waals surface area contributed by atoms with E-state index in [2.05, 4.69) is 20.9 Å². The monoisotopic (exact) mass is 261 g/mol. The number of benzene rings is 1. The molecule has 0 radical (unpaired) electrons. The molecule has 0 aliphatic rings. The molecule has 2 rings (SSSR count). The van der Waals surface area contributed by atoms with Crippen LogP contribution >= 0.6 is 28.3 Å². The van der Waals surface area contributed by atoms with Crippen molar-refractivity contribution in [3.05, 3.63) is 40.8 Å². The average molecular weight is 263 g/mol. The van der Waals surface area contributed by atoms with E-state index in [1.807, 2.05) is 12.1 Å². The first-order chi connectivity index (χ1) is 5.79. The van der Waals surface area contributed by atoms with Crippen molar-refractivity contribution in [2.45, 2.75) is 0 Å². The van der Waals surface area contributed by atoms with Gasteiger partial charge in [-0.05, 0) is 34.1 Å². The van der Waals surface area contributed by atoms with Crippen LogP contribution in [0.5, 0.6) is 0 Å². The molecule has 0 aliphatic carbocycles. The Labute approximate surface area is 89.5 Å². The van der Waals surface area contributed by atoms with Gasteiger partial charge >= 0.3 is 0 Å². The van der Waals surface area contributed by atoms with Crippen LogP contribution in [0.2, 0.25) is 0 Å². The van der Waals surface area contributed by atoms with Gasteiger partial charge in [0.15, 0.2) is 0 Å². The van der Waals surface area contributed by atoms with E-state index in [0.717, 1.165) is 5.39 Å². The number of hydrogen-bond acceptors (Lipinski definition) is 1. The molecule has 0 unspecified atom stereocenters. The second kappa shape index (κ2) is 4.03. The summed E-state index contributed by atoms with van der Waals surface area (Å²) < 4.78 is 13.4. The van der Waals surface area contributed by atoms with Gasteiger partial charge in [0.05, 0.1) is 9.99 Å². The van der Waals surface area contributed by atoms with Gasteiger partial charge < -0.3 is 0 Å². The molecule has 0 spiro atoms. The van der Waals surface area contributed by atoms with Crippen molar-refractivity contribution in [2.75, 3.05) is 0 Å². The van der Waals surface area contributed by atoms with Crippen molar-refractivity contribution in [3.63, 3.8) is 0 Å². The standard InChI is InChI=1S/C9H5BrFN.ClH/c10-8-7(11)4-3-6-2-1-5-12-9(6)8;/h1-5H;1H. The zero-order valence-corrected chi connectivity index (χ0v) is 8.90. The third-order valence-corrected chi connectivity index (χ3v) is 2.42. The zero-order chi connectivity index (χ0) is 8.55. The Morgan fingerprint density at radius 2 is 2.00 bits per heavy atom. The number of fused-ring (bicyclic) bond motifs is 1. The van der Waals surface area contributed by atoms with E-state index in [0.29, 0.717) is 9.99 Å². The molecule has 1 aromatic carbocycles. The van der Waals surface area contributed by atoms with Gasteiger partial charge in [-0.3, -0.25) is 4.98 Å². The van der Waals surface area contributed by atoms with Gasteiger partial charge in [0.2, 0.25) is 0 Å². The maximum Gasteiger partial charge on any atom is 0.139 e. The molecular weight excluding hydrogens is 256 g/mol. The predicted octanol–water partition coefficient (Wildman–Crippen LogP) is 3.56. The fourth-order valence-electron chi connectivity index (χ4n) is 1.08. The molecule has 0 saturated carbocycles. The molecule has 0 aliphatic heterocycles. The minimum atomic E-state index is -0.277. The Bertz CT molecular complexity index is 433. The van der Waals surface area contributed by atoms with Gasteiger partial charge in [-0.15, -0.1) is 12.4 Å². The van der Waals surface area contributed by atoms with Crippen molar-refractivity contribution in [1.29, 1.82) is 0 Å². The molecule has 1 nitrogen and oxygen atoms in total. The van der Waals surface area contributed by atoms with Crippen LogP contribution in [0.3, 0.4) is 0 Å². The normalized spacial score (nSPS) is 9.69. The van der Waals surface area contributed by atoms with E-state index in [4.69, 9.17) is 0 Å². The number of rotatable bonds is 0. The van der Waals surface area contributed by atoms with Crippen LogP contribution in [0.15, 0.2) is 34.9 Å². The zero-order valence-electron chi connectivity index (χ0n) is 6.50. The predicted molar refractivity (Wildman–Crippen MR) is 56.6 cm³/mol. The lowest BCUT2D eigenvalue weighted by molar-refractivity contribution is 0.623. The molecule has 0 amide bonds. The van der Waals surface area contributed by atoms with Crippen molar-refractivity contribution >= 4 is 39.2 Å². The number of hydrogen-bond donors (Lipinski definition) is 0. The molecule has 2 aromatic rings. The van der Waals surface area contributed by atoms with Crippen LogP contribution in [0.25, 0.3) is 10.9 Å². The largest absolute Gasteiger partial charge is 0.255 e. The minimum Gasteiger partial charge on any atom is -0.255 e. The van der Waals surface area contributed by atoms with Crippen molar-refractivity contribution in [2.24, 2.45) is 0 Å². The van der Waals surface area contributed by atoms with E-state index in [-0.39, 0.29) is 18.2 Å². The van der Waals surface area contributed by atoms with Gasteiger partial charge in [-0.25, -0.2) is 4.39 Å². The lowest BCUT2D eigenvalue weighted by atomic mass is 10.2. The van der Waals surface area contributed by atoms with Crippen molar-refractivity contribution in [3.8, 4) is 0 Å². The Balaban J connectivity index is 0.000000845. The molecule has 0 saturated heterocycles. The first-order valence-corrected chi connectivity index (χ1v) is 4.27. The molecule has 1 heterocycles. The third-order valence-electron chi connectivity index (χ3n) is 1.67. The Hall–Kier alpha value is -0.670. The highest BCUT2D eigenvalue weighted by molar-refractivity contribution is 9.10. The van der Waals surface area contributed by atoms with Crippen LogP contribution in [0.1, 0.15) is 0 Å². The second-order valence-corrected chi connectivity index (χ2v) is 3.23. The lowest BCUT2D eigenvalue weighted by Gasteiger charge is -1.98. The Morgan fingerprint density at radius 1 is 1.23 bits per heavy atom. The van der Waals surface area contributed by atoms with E-state index in [1.54, 1.807) is 12.3 Å². The molecule has 68 valence electrons. The van der Waals surface area contributed by atoms with E-state index in [1.165, 1.54) is 6.07 Å². The highest BCUT2D eigenvalue weighted by atomic mass is 79.9. The highest BCUT2D eigenvalue weighted by Crippen LogP contribution is 2.24. The number of pyridine rings is 1. The fourth-order valence-corrected chi connectivity index (χ4v) is 1.55. The first-order valence-electron chi connectivity index (χ1n) is 3.48. The van der Waals surface area contributed by atoms with Gasteiger partial charge in [-0.2, -0.15) is 0 Å². The summed E-state index contributed by atoms with van der Waals surface area (Å²) in [6, 6.07) is 6.86. The highest BCUT2D eigenvalue weighted by Gasteiger charge is 2.03. The minimum absolute atomic E-state index is 0. The average Bonchev–Trinajstić information content (AvgIpc) is 2.12. The van der Waals surface area contributed by atoms with E-state index >= 15 is 0 Å². The maximum atomic E-state index is 13.0. The molecule has 0 N–H and O–H groups in total. The SMILES string of the molecule is Cl.Fc1ccc2cccnc2c1Br. The third kappa shape index (κ3) is 1.81. The molecule has 0 bridgehead atoms. The van der Waals surface area contributed by atoms with Gasteiger partial charge in [0, 0.05) is 11.6 Å². The van der Waals surface area contributed by atoms with Crippen LogP contribution in [-0.4, -0.2) is 4.98 Å². The van der Waals surface area contributed by atoms with Crippen LogP contribution < -0.4 is 0 Å². The van der Waals surface area contributed by atoms with E-state index in [9.17, 15) is 4.39 Å². The summed E-state index contributed by atoms with van der Waals surface area (Å²) in [5.41, 5.74) is 0.664. The first kappa shape index (κ1) is 10.4. The summed E-state index contributed by atoms with van der Waals surface area (Å²) >= 11 is 3.14. The van der Waals surface area contributed by atoms with Crippen molar-refractivity contribution in [1.82, 2.24) is 4.98 Å². The van der Waals surface area contributed by atoms with Crippen LogP contribution in [0, 0.1) is 5.82 Å². The number of aromatic nitrogens is 1. The molecule has 0 atom stereocenters. The quantitative estimate of drug-likeness (QED) is 0.707. The van der Waals surface area contributed by atoms with E-state index < -0.39 is 0 Å². The topological polar surface area (TPSA) is 12.9 Å². The van der Waals surface area contributed by atoms with Gasteiger partial charge in [0.1, 0.15) is 5.82 Å². The molecular formula is C9H6BrClFN. The molecule has 1 aromatic heterocycles. The number of halogens is 3. The molecule has 0 fully saturated rings. The smallest absolute Gasteiger partial charge is 0.139 e. The summed E-state index contributed by atoms with van der Waals surface area (Å²) in [6.45, 7) is 0. The fraction of sp³-hybridized carbons (Fsp3) is 0. The number of nitrogens with zero attached hydrogens (tertiary/aromatic N) is 1. The van der Waals surface area contributed by atoms with Gasteiger partial charge in [-0.1, -0.05) is 6.07 Å². The summed E-state index contributed by atoms with van der Waals surface area (Å²) in [7, 11) is 0. The summed E-state index contributed by atoms with van der Waals surface area (Å²) in [5.74, 6) is -0.277.